The first-order chi connectivity index (χ1) is 15.5. The first kappa shape index (κ1) is 23.1. The third-order valence-corrected chi connectivity index (χ3v) is 4.94. The van der Waals surface area contributed by atoms with E-state index in [1.54, 1.807) is 12.1 Å². The molecule has 0 aliphatic carbocycles. The van der Waals surface area contributed by atoms with E-state index in [4.69, 9.17) is 0 Å². The molecule has 0 spiro atoms. The molecule has 3 aromatic rings. The normalized spacial score (nSPS) is 9.75. The summed E-state index contributed by atoms with van der Waals surface area (Å²) in [4.78, 5) is 3.43. The highest BCUT2D eigenvalue weighted by Gasteiger charge is 2.11. The summed E-state index contributed by atoms with van der Waals surface area (Å²) in [7, 11) is 0. The van der Waals surface area contributed by atoms with Crippen molar-refractivity contribution in [3.63, 3.8) is 0 Å². The van der Waals surface area contributed by atoms with Crippen LogP contribution in [0.25, 0.3) is 11.1 Å². The van der Waals surface area contributed by atoms with Gasteiger partial charge in [-0.2, -0.15) is 4.99 Å². The molecule has 32 heavy (non-hydrogen) atoms. The second kappa shape index (κ2) is 11.2. The molecule has 0 heterocycles. The van der Waals surface area contributed by atoms with Gasteiger partial charge in [-0.05, 0) is 84.7 Å². The lowest BCUT2D eigenvalue weighted by atomic mass is 10.0. The third-order valence-electron chi connectivity index (χ3n) is 4.85. The lowest BCUT2D eigenvalue weighted by molar-refractivity contribution is 0.588. The van der Waals surface area contributed by atoms with Gasteiger partial charge in [0.25, 0.3) is 0 Å². The Labute approximate surface area is 193 Å². The summed E-state index contributed by atoms with van der Waals surface area (Å²) in [5.41, 5.74) is 4.46. The van der Waals surface area contributed by atoms with Crippen molar-refractivity contribution >= 4 is 23.1 Å². The molecule has 0 radical (unpaired) electrons. The van der Waals surface area contributed by atoms with Crippen LogP contribution in [-0.4, -0.2) is 5.16 Å². The van der Waals surface area contributed by atoms with Gasteiger partial charge in [0.05, 0.1) is 5.16 Å². The predicted molar refractivity (Wildman–Crippen MR) is 130 cm³/mol. The van der Waals surface area contributed by atoms with Crippen LogP contribution in [-0.2, 0) is 0 Å². The van der Waals surface area contributed by atoms with E-state index in [1.807, 2.05) is 42.4 Å². The van der Waals surface area contributed by atoms with Gasteiger partial charge in [0.2, 0.25) is 0 Å². The van der Waals surface area contributed by atoms with Gasteiger partial charge in [0.1, 0.15) is 5.69 Å². The number of isothiocyanates is 1. The van der Waals surface area contributed by atoms with Crippen LogP contribution in [0.1, 0.15) is 48.4 Å². The molecule has 0 fully saturated rings. The van der Waals surface area contributed by atoms with Crippen LogP contribution < -0.4 is 0 Å². The highest BCUT2D eigenvalue weighted by atomic mass is 32.1. The minimum atomic E-state index is -0.782. The zero-order valence-electron chi connectivity index (χ0n) is 17.9. The molecular weight excluding hydrogens is 420 g/mol. The van der Waals surface area contributed by atoms with E-state index in [-0.39, 0.29) is 0 Å². The van der Waals surface area contributed by atoms with Crippen LogP contribution in [0, 0.1) is 42.2 Å². The van der Waals surface area contributed by atoms with Gasteiger partial charge in [-0.1, -0.05) is 49.2 Å². The van der Waals surface area contributed by atoms with Crippen molar-refractivity contribution in [2.45, 2.75) is 33.1 Å². The van der Waals surface area contributed by atoms with Crippen molar-refractivity contribution < 1.29 is 8.78 Å². The van der Waals surface area contributed by atoms with Crippen LogP contribution in [0.4, 0.5) is 14.5 Å². The molecule has 158 valence electrons. The fourth-order valence-corrected chi connectivity index (χ4v) is 3.17. The second-order valence-corrected chi connectivity index (χ2v) is 7.44. The average Bonchev–Trinajstić information content (AvgIpc) is 2.79. The van der Waals surface area contributed by atoms with Crippen molar-refractivity contribution in [1.29, 1.82) is 0 Å². The smallest absolute Gasteiger partial charge is 0.153 e. The van der Waals surface area contributed by atoms with Crippen LogP contribution in [0.5, 0.6) is 0 Å². The lowest BCUT2D eigenvalue weighted by Crippen LogP contribution is -1.87. The number of thiocarbonyl (C=S) groups is 1. The number of halogens is 2. The first-order valence-corrected chi connectivity index (χ1v) is 10.7. The summed E-state index contributed by atoms with van der Waals surface area (Å²) >= 11 is 4.43. The SMILES string of the molecule is CCCCC#Cc1ccc(C#Cc2ccc(-c3cc(F)c(N=C=S)c(F)c3)cc2)c(C)c1. The Kier molecular flexibility index (Phi) is 8.07. The van der Waals surface area contributed by atoms with Crippen molar-refractivity contribution in [2.24, 2.45) is 4.99 Å². The molecule has 0 unspecified atom stereocenters. The molecule has 0 atom stereocenters. The molecule has 0 bridgehead atoms. The van der Waals surface area contributed by atoms with E-state index in [9.17, 15) is 8.78 Å². The van der Waals surface area contributed by atoms with E-state index in [1.165, 1.54) is 12.1 Å². The number of hydrogen-bond donors (Lipinski definition) is 0. The van der Waals surface area contributed by atoms with Gasteiger partial charge in [-0.15, -0.1) is 0 Å². The molecule has 3 aromatic carbocycles. The predicted octanol–water partition coefficient (Wildman–Crippen LogP) is 7.62. The summed E-state index contributed by atoms with van der Waals surface area (Å²) in [5, 5.41) is 1.99. The molecule has 0 aromatic heterocycles. The van der Waals surface area contributed by atoms with E-state index >= 15 is 0 Å². The maximum atomic E-state index is 14.1. The fourth-order valence-electron chi connectivity index (χ4n) is 3.08. The molecule has 3 rings (SSSR count). The largest absolute Gasteiger partial charge is 0.204 e. The van der Waals surface area contributed by atoms with E-state index in [0.29, 0.717) is 11.1 Å². The van der Waals surface area contributed by atoms with Crippen LogP contribution in [0.3, 0.4) is 0 Å². The molecule has 0 aliphatic heterocycles. The summed E-state index contributed by atoms with van der Waals surface area (Å²) in [6.07, 6.45) is 3.18. The minimum absolute atomic E-state index is 0.411. The van der Waals surface area contributed by atoms with Crippen molar-refractivity contribution in [3.8, 4) is 34.8 Å². The van der Waals surface area contributed by atoms with Gasteiger partial charge in [0.15, 0.2) is 11.6 Å². The first-order valence-electron chi connectivity index (χ1n) is 10.3. The number of aliphatic imine (C=N–C) groups is 1. The zero-order valence-corrected chi connectivity index (χ0v) is 18.7. The lowest BCUT2D eigenvalue weighted by Gasteiger charge is -2.05. The Balaban J connectivity index is 1.77. The molecule has 0 saturated carbocycles. The molecule has 0 saturated heterocycles. The average molecular weight is 442 g/mol. The Morgan fingerprint density at radius 3 is 2.16 bits per heavy atom. The Morgan fingerprint density at radius 2 is 1.53 bits per heavy atom. The van der Waals surface area contributed by atoms with Gasteiger partial charge in [-0.3, -0.25) is 0 Å². The summed E-state index contributed by atoms with van der Waals surface area (Å²) in [6, 6.07) is 15.7. The third kappa shape index (κ3) is 5.99. The number of unbranched alkanes of at least 4 members (excludes halogenated alkanes) is 2. The van der Waals surface area contributed by atoms with Crippen molar-refractivity contribution in [3.05, 3.63) is 88.5 Å². The monoisotopic (exact) mass is 441 g/mol. The summed E-state index contributed by atoms with van der Waals surface area (Å²) in [6.45, 7) is 4.17. The molecular formula is C28H21F2NS. The van der Waals surface area contributed by atoms with Crippen LogP contribution in [0.15, 0.2) is 59.6 Å². The molecule has 0 aliphatic rings. The molecule has 1 nitrogen and oxygen atoms in total. The van der Waals surface area contributed by atoms with Gasteiger partial charge < -0.3 is 0 Å². The highest BCUT2D eigenvalue weighted by Crippen LogP contribution is 2.29. The molecule has 0 amide bonds. The summed E-state index contributed by atoms with van der Waals surface area (Å²) < 4.78 is 28.2. The van der Waals surface area contributed by atoms with Crippen LogP contribution in [0.2, 0.25) is 0 Å². The zero-order chi connectivity index (χ0) is 22.9. The van der Waals surface area contributed by atoms with Crippen molar-refractivity contribution in [2.75, 3.05) is 0 Å². The number of nitrogens with zero attached hydrogens (tertiary/aromatic N) is 1. The number of benzene rings is 3. The Morgan fingerprint density at radius 1 is 0.844 bits per heavy atom. The molecule has 0 N–H and O–H groups in total. The van der Waals surface area contributed by atoms with E-state index in [2.05, 4.69) is 47.8 Å². The summed E-state index contributed by atoms with van der Waals surface area (Å²) in [5.74, 6) is 11.2. The van der Waals surface area contributed by atoms with Gasteiger partial charge in [-0.25, -0.2) is 8.78 Å². The van der Waals surface area contributed by atoms with Crippen LogP contribution >= 0.6 is 12.2 Å². The van der Waals surface area contributed by atoms with E-state index < -0.39 is 17.3 Å². The number of rotatable bonds is 4. The minimum Gasteiger partial charge on any atom is -0.204 e. The maximum Gasteiger partial charge on any atom is 0.153 e. The van der Waals surface area contributed by atoms with Gasteiger partial charge in [0, 0.05) is 23.1 Å². The Hall–Kier alpha value is -3.56. The standard InChI is InChI=1S/C28H21F2NS/c1-3-4-5-6-7-22-11-13-23(20(2)16-22)12-8-21-9-14-24(15-10-21)25-17-26(29)28(31-19-32)27(30)18-25/h9-11,13-18H,3-5H2,1-2H3. The van der Waals surface area contributed by atoms with Gasteiger partial charge >= 0.3 is 0 Å². The highest BCUT2D eigenvalue weighted by molar-refractivity contribution is 7.78. The topological polar surface area (TPSA) is 12.4 Å². The van der Waals surface area contributed by atoms with Crippen molar-refractivity contribution in [1.82, 2.24) is 0 Å². The van der Waals surface area contributed by atoms with E-state index in [0.717, 1.165) is 41.5 Å². The second-order valence-electron chi connectivity index (χ2n) is 7.25. The number of aryl methyl sites for hydroxylation is 1. The number of hydrogen-bond acceptors (Lipinski definition) is 2. The Bertz CT molecular complexity index is 1270. The maximum absolute atomic E-state index is 14.1. The fraction of sp³-hybridized carbons (Fsp3) is 0.179. The molecule has 4 heteroatoms. The quantitative estimate of drug-likeness (QED) is 0.176.